The SMILES string of the molecule is CC1CCC(=N/N=C2\NC(=O)CS2)CC1. The smallest absolute Gasteiger partial charge is 0.236 e. The van der Waals surface area contributed by atoms with E-state index in [0.29, 0.717) is 10.9 Å². The molecule has 2 fully saturated rings. The average Bonchev–Trinajstić information content (AvgIpc) is 2.64. The second-order valence-electron chi connectivity index (χ2n) is 4.09. The van der Waals surface area contributed by atoms with Gasteiger partial charge in [0.25, 0.3) is 0 Å². The van der Waals surface area contributed by atoms with Gasteiger partial charge in [-0.3, -0.25) is 4.79 Å². The summed E-state index contributed by atoms with van der Waals surface area (Å²) in [5.74, 6) is 1.31. The number of amides is 1. The fraction of sp³-hybridized carbons (Fsp3) is 0.700. The van der Waals surface area contributed by atoms with E-state index in [0.717, 1.165) is 18.8 Å². The molecule has 0 radical (unpaired) electrons. The summed E-state index contributed by atoms with van der Waals surface area (Å²) in [5, 5.41) is 11.6. The lowest BCUT2D eigenvalue weighted by atomic mass is 9.90. The number of hydrogen-bond acceptors (Lipinski definition) is 4. The van der Waals surface area contributed by atoms with Crippen LogP contribution in [-0.2, 0) is 4.79 Å². The molecule has 82 valence electrons. The molecule has 1 aliphatic heterocycles. The van der Waals surface area contributed by atoms with E-state index in [2.05, 4.69) is 22.4 Å². The maximum Gasteiger partial charge on any atom is 0.236 e. The predicted octanol–water partition coefficient (Wildman–Crippen LogP) is 1.77. The van der Waals surface area contributed by atoms with Gasteiger partial charge in [0.05, 0.1) is 5.75 Å². The summed E-state index contributed by atoms with van der Waals surface area (Å²) in [6, 6.07) is 0. The highest BCUT2D eigenvalue weighted by molar-refractivity contribution is 8.15. The summed E-state index contributed by atoms with van der Waals surface area (Å²) in [7, 11) is 0. The quantitative estimate of drug-likeness (QED) is 0.691. The molecular formula is C10H15N3OS. The third-order valence-corrected chi connectivity index (χ3v) is 3.58. The van der Waals surface area contributed by atoms with E-state index in [9.17, 15) is 4.79 Å². The van der Waals surface area contributed by atoms with Crippen molar-refractivity contribution < 1.29 is 4.79 Å². The first-order valence-corrected chi connectivity index (χ1v) is 6.28. The van der Waals surface area contributed by atoms with Gasteiger partial charge in [0.15, 0.2) is 5.17 Å². The average molecular weight is 225 g/mol. The van der Waals surface area contributed by atoms with Crippen LogP contribution >= 0.6 is 11.8 Å². The summed E-state index contributed by atoms with van der Waals surface area (Å²) >= 11 is 1.42. The van der Waals surface area contributed by atoms with Crippen molar-refractivity contribution >= 4 is 28.5 Å². The fourth-order valence-corrected chi connectivity index (χ4v) is 2.32. The zero-order valence-electron chi connectivity index (χ0n) is 8.82. The minimum atomic E-state index is 0.0243. The summed E-state index contributed by atoms with van der Waals surface area (Å²) in [6.45, 7) is 2.27. The minimum Gasteiger partial charge on any atom is -0.303 e. The molecule has 0 aromatic rings. The Morgan fingerprint density at radius 2 is 2.07 bits per heavy atom. The molecule has 1 saturated heterocycles. The largest absolute Gasteiger partial charge is 0.303 e. The maximum absolute atomic E-state index is 10.9. The fourth-order valence-electron chi connectivity index (χ4n) is 1.69. The normalized spacial score (nSPS) is 29.4. The van der Waals surface area contributed by atoms with Crippen molar-refractivity contribution in [1.29, 1.82) is 0 Å². The van der Waals surface area contributed by atoms with E-state index >= 15 is 0 Å². The van der Waals surface area contributed by atoms with Gasteiger partial charge in [-0.2, -0.15) is 5.10 Å². The second kappa shape index (κ2) is 4.79. The van der Waals surface area contributed by atoms with Gasteiger partial charge < -0.3 is 5.32 Å². The summed E-state index contributed by atoms with van der Waals surface area (Å²) < 4.78 is 0. The van der Waals surface area contributed by atoms with Crippen LogP contribution in [0.4, 0.5) is 0 Å². The molecule has 1 N–H and O–H groups in total. The molecule has 0 aromatic heterocycles. The lowest BCUT2D eigenvalue weighted by molar-refractivity contribution is -0.116. The van der Waals surface area contributed by atoms with Crippen LogP contribution < -0.4 is 5.32 Å². The standard InChI is InChI=1S/C10H15N3OS/c1-7-2-4-8(5-3-7)12-13-10-11-9(14)6-15-10/h7H,2-6H2,1H3,(H,11,13,14). The van der Waals surface area contributed by atoms with E-state index in [1.807, 2.05) is 0 Å². The topological polar surface area (TPSA) is 53.8 Å². The molecule has 2 aliphatic rings. The molecule has 4 nitrogen and oxygen atoms in total. The number of carbonyl (C=O) groups is 1. The Bertz CT molecular complexity index is 315. The van der Waals surface area contributed by atoms with Crippen molar-refractivity contribution in [3.8, 4) is 0 Å². The molecule has 1 amide bonds. The van der Waals surface area contributed by atoms with Gasteiger partial charge in [-0.05, 0) is 31.6 Å². The number of nitrogens with one attached hydrogen (secondary N) is 1. The van der Waals surface area contributed by atoms with Crippen LogP contribution in [0.2, 0.25) is 0 Å². The van der Waals surface area contributed by atoms with Gasteiger partial charge in [0.1, 0.15) is 0 Å². The highest BCUT2D eigenvalue weighted by atomic mass is 32.2. The Balaban J connectivity index is 1.90. The first-order chi connectivity index (χ1) is 7.24. The van der Waals surface area contributed by atoms with Gasteiger partial charge in [-0.15, -0.1) is 5.10 Å². The highest BCUT2D eigenvalue weighted by Gasteiger charge is 2.17. The molecule has 0 unspecified atom stereocenters. The highest BCUT2D eigenvalue weighted by Crippen LogP contribution is 2.21. The van der Waals surface area contributed by atoms with Crippen molar-refractivity contribution in [2.45, 2.75) is 32.6 Å². The van der Waals surface area contributed by atoms with Gasteiger partial charge in [0.2, 0.25) is 5.91 Å². The molecule has 0 bridgehead atoms. The van der Waals surface area contributed by atoms with E-state index < -0.39 is 0 Å². The minimum absolute atomic E-state index is 0.0243. The van der Waals surface area contributed by atoms with Crippen LogP contribution in [0.15, 0.2) is 10.2 Å². The van der Waals surface area contributed by atoms with Gasteiger partial charge >= 0.3 is 0 Å². The summed E-state index contributed by atoms with van der Waals surface area (Å²) in [5.41, 5.74) is 1.17. The number of nitrogens with zero attached hydrogens (tertiary/aromatic N) is 2. The Morgan fingerprint density at radius 3 is 2.67 bits per heavy atom. The van der Waals surface area contributed by atoms with Gasteiger partial charge in [-0.1, -0.05) is 18.7 Å². The van der Waals surface area contributed by atoms with Crippen molar-refractivity contribution in [1.82, 2.24) is 5.32 Å². The van der Waals surface area contributed by atoms with Crippen LogP contribution in [0, 0.1) is 5.92 Å². The molecule has 1 aliphatic carbocycles. The first kappa shape index (κ1) is 10.7. The van der Waals surface area contributed by atoms with E-state index in [1.165, 1.54) is 30.3 Å². The van der Waals surface area contributed by atoms with Crippen molar-refractivity contribution in [3.63, 3.8) is 0 Å². The Morgan fingerprint density at radius 1 is 1.33 bits per heavy atom. The number of hydrogen-bond donors (Lipinski definition) is 1. The maximum atomic E-state index is 10.9. The number of amidine groups is 1. The van der Waals surface area contributed by atoms with Crippen molar-refractivity contribution in [2.75, 3.05) is 5.75 Å². The van der Waals surface area contributed by atoms with Crippen LogP contribution in [-0.4, -0.2) is 22.5 Å². The van der Waals surface area contributed by atoms with E-state index in [1.54, 1.807) is 0 Å². The summed E-state index contributed by atoms with van der Waals surface area (Å²) in [4.78, 5) is 10.9. The molecule has 0 aromatic carbocycles. The zero-order valence-corrected chi connectivity index (χ0v) is 9.64. The van der Waals surface area contributed by atoms with Gasteiger partial charge in [0, 0.05) is 5.71 Å². The molecule has 1 heterocycles. The van der Waals surface area contributed by atoms with Crippen LogP contribution in [0.5, 0.6) is 0 Å². The lowest BCUT2D eigenvalue weighted by Gasteiger charge is -2.17. The van der Waals surface area contributed by atoms with Crippen LogP contribution in [0.25, 0.3) is 0 Å². The molecule has 0 spiro atoms. The van der Waals surface area contributed by atoms with Crippen molar-refractivity contribution in [3.05, 3.63) is 0 Å². The van der Waals surface area contributed by atoms with Gasteiger partial charge in [-0.25, -0.2) is 0 Å². The predicted molar refractivity (Wildman–Crippen MR) is 63.1 cm³/mol. The molecular weight excluding hydrogens is 210 g/mol. The van der Waals surface area contributed by atoms with E-state index in [-0.39, 0.29) is 5.91 Å². The molecule has 0 atom stereocenters. The summed E-state index contributed by atoms with van der Waals surface area (Å²) in [6.07, 6.45) is 4.53. The number of rotatable bonds is 1. The monoisotopic (exact) mass is 225 g/mol. The molecule has 15 heavy (non-hydrogen) atoms. The molecule has 5 heteroatoms. The third kappa shape index (κ3) is 3.06. The van der Waals surface area contributed by atoms with Crippen LogP contribution in [0.3, 0.4) is 0 Å². The Labute approximate surface area is 93.6 Å². The lowest BCUT2D eigenvalue weighted by Crippen LogP contribution is -2.20. The second-order valence-corrected chi connectivity index (χ2v) is 5.05. The van der Waals surface area contributed by atoms with Crippen LogP contribution in [0.1, 0.15) is 32.6 Å². The number of carbonyl (C=O) groups excluding carboxylic acids is 1. The zero-order chi connectivity index (χ0) is 10.7. The first-order valence-electron chi connectivity index (χ1n) is 5.30. The Hall–Kier alpha value is -0.840. The third-order valence-electron chi connectivity index (χ3n) is 2.72. The Kier molecular flexibility index (Phi) is 3.41. The van der Waals surface area contributed by atoms with E-state index in [4.69, 9.17) is 0 Å². The number of thioether (sulfide) groups is 1. The molecule has 2 rings (SSSR count). The molecule has 1 saturated carbocycles. The van der Waals surface area contributed by atoms with Crippen molar-refractivity contribution in [2.24, 2.45) is 16.1 Å².